The molecule has 0 spiro atoms. The maximum absolute atomic E-state index is 12.3. The van der Waals surface area contributed by atoms with E-state index in [0.717, 1.165) is 0 Å². The van der Waals surface area contributed by atoms with Crippen molar-refractivity contribution in [1.29, 1.82) is 0 Å². The summed E-state index contributed by atoms with van der Waals surface area (Å²) >= 11 is 0. The second-order valence-corrected chi connectivity index (χ2v) is 5.24. The van der Waals surface area contributed by atoms with Gasteiger partial charge in [-0.25, -0.2) is 9.78 Å². The van der Waals surface area contributed by atoms with Crippen LogP contribution in [0.25, 0.3) is 0 Å². The van der Waals surface area contributed by atoms with Gasteiger partial charge < -0.3 is 5.11 Å². The zero-order valence-corrected chi connectivity index (χ0v) is 11.2. The van der Waals surface area contributed by atoms with Crippen LogP contribution in [0.3, 0.4) is 0 Å². The Morgan fingerprint density at radius 3 is 2.38 bits per heavy atom. The molecule has 1 aromatic rings. The number of rotatable bonds is 3. The van der Waals surface area contributed by atoms with E-state index in [-0.39, 0.29) is 35.9 Å². The van der Waals surface area contributed by atoms with Crippen molar-refractivity contribution in [2.75, 3.05) is 0 Å². The first-order chi connectivity index (χ1) is 10.1. The van der Waals surface area contributed by atoms with Crippen LogP contribution in [0.15, 0.2) is 30.4 Å². The van der Waals surface area contributed by atoms with Crippen molar-refractivity contribution in [1.82, 2.24) is 9.88 Å². The molecule has 6 heteroatoms. The predicted octanol–water partition coefficient (Wildman–Crippen LogP) is 1.23. The van der Waals surface area contributed by atoms with Gasteiger partial charge in [0.1, 0.15) is 5.69 Å². The molecule has 2 amide bonds. The molecule has 1 N–H and O–H groups in total. The second-order valence-electron chi connectivity index (χ2n) is 5.24. The van der Waals surface area contributed by atoms with Crippen molar-refractivity contribution >= 4 is 17.8 Å². The van der Waals surface area contributed by atoms with E-state index in [1.54, 1.807) is 12.1 Å². The highest BCUT2D eigenvalue weighted by Crippen LogP contribution is 2.35. The van der Waals surface area contributed by atoms with E-state index in [1.807, 2.05) is 12.2 Å². The Morgan fingerprint density at radius 2 is 1.81 bits per heavy atom. The molecule has 1 aliphatic heterocycles. The van der Waals surface area contributed by atoms with E-state index in [2.05, 4.69) is 4.98 Å². The van der Waals surface area contributed by atoms with Crippen molar-refractivity contribution < 1.29 is 19.5 Å². The van der Waals surface area contributed by atoms with E-state index in [4.69, 9.17) is 5.11 Å². The summed E-state index contributed by atoms with van der Waals surface area (Å²) in [5.41, 5.74) is 0.314. The average molecular weight is 286 g/mol. The fraction of sp³-hybridized carbons (Fsp3) is 0.333. The van der Waals surface area contributed by atoms with E-state index in [9.17, 15) is 14.4 Å². The molecule has 2 heterocycles. The van der Waals surface area contributed by atoms with Crippen LogP contribution in [0, 0.1) is 11.8 Å². The SMILES string of the molecule is O=C(O)c1cccc(CN2C(=O)C3CC=CC[C@@H]3C2=O)n1. The minimum absolute atomic E-state index is 0.0335. The van der Waals surface area contributed by atoms with Gasteiger partial charge in [-0.15, -0.1) is 0 Å². The number of carboxylic acids is 1. The van der Waals surface area contributed by atoms with E-state index < -0.39 is 5.97 Å². The molecule has 1 unspecified atom stereocenters. The molecule has 0 bridgehead atoms. The topological polar surface area (TPSA) is 87.6 Å². The number of nitrogens with zero attached hydrogens (tertiary/aromatic N) is 2. The minimum atomic E-state index is -1.13. The van der Waals surface area contributed by atoms with Crippen molar-refractivity contribution in [2.45, 2.75) is 19.4 Å². The Bertz CT molecular complexity index is 627. The quantitative estimate of drug-likeness (QED) is 0.667. The first kappa shape index (κ1) is 13.5. The van der Waals surface area contributed by atoms with E-state index >= 15 is 0 Å². The summed E-state index contributed by atoms with van der Waals surface area (Å²) in [5.74, 6) is -2.04. The van der Waals surface area contributed by atoms with Gasteiger partial charge in [0.25, 0.3) is 0 Å². The van der Waals surface area contributed by atoms with Crippen LogP contribution in [0.4, 0.5) is 0 Å². The van der Waals surface area contributed by atoms with Crippen LogP contribution in [-0.2, 0) is 16.1 Å². The molecule has 1 aliphatic carbocycles. The number of likely N-dealkylation sites (tertiary alicyclic amines) is 1. The summed E-state index contributed by atoms with van der Waals surface area (Å²) in [5, 5.41) is 8.92. The Labute approximate surface area is 121 Å². The molecule has 0 saturated carbocycles. The fourth-order valence-corrected chi connectivity index (χ4v) is 2.87. The number of fused-ring (bicyclic) bond motifs is 1. The third-order valence-electron chi connectivity index (χ3n) is 3.94. The summed E-state index contributed by atoms with van der Waals surface area (Å²) in [4.78, 5) is 40.7. The van der Waals surface area contributed by atoms with Crippen LogP contribution >= 0.6 is 0 Å². The molecule has 1 saturated heterocycles. The van der Waals surface area contributed by atoms with Crippen LogP contribution in [-0.4, -0.2) is 32.8 Å². The standard InChI is InChI=1S/C15H14N2O4/c18-13-10-5-1-2-6-11(10)14(19)17(13)8-9-4-3-7-12(16-9)15(20)21/h1-4,7,10-11H,5-6,8H2,(H,20,21)/t10-,11?/m0/s1. The fourth-order valence-electron chi connectivity index (χ4n) is 2.87. The highest BCUT2D eigenvalue weighted by atomic mass is 16.4. The first-order valence-electron chi connectivity index (χ1n) is 6.77. The Hall–Kier alpha value is -2.50. The van der Waals surface area contributed by atoms with Crippen molar-refractivity contribution in [3.63, 3.8) is 0 Å². The number of aromatic nitrogens is 1. The predicted molar refractivity (Wildman–Crippen MR) is 72.1 cm³/mol. The lowest BCUT2D eigenvalue weighted by atomic mass is 9.85. The second kappa shape index (κ2) is 5.12. The molecule has 2 atom stereocenters. The number of hydrogen-bond donors (Lipinski definition) is 1. The van der Waals surface area contributed by atoms with Gasteiger partial charge >= 0.3 is 5.97 Å². The molecule has 3 rings (SSSR count). The maximum Gasteiger partial charge on any atom is 0.354 e. The maximum atomic E-state index is 12.3. The lowest BCUT2D eigenvalue weighted by Crippen LogP contribution is -2.31. The highest BCUT2D eigenvalue weighted by molar-refractivity contribution is 6.05. The number of pyridine rings is 1. The van der Waals surface area contributed by atoms with Crippen LogP contribution in [0.5, 0.6) is 0 Å². The van der Waals surface area contributed by atoms with Gasteiger partial charge in [-0.05, 0) is 25.0 Å². The van der Waals surface area contributed by atoms with Gasteiger partial charge in [-0.2, -0.15) is 0 Å². The zero-order valence-electron chi connectivity index (χ0n) is 11.2. The van der Waals surface area contributed by atoms with Crippen molar-refractivity contribution in [3.05, 3.63) is 41.7 Å². The monoisotopic (exact) mass is 286 g/mol. The number of allylic oxidation sites excluding steroid dienone is 2. The van der Waals surface area contributed by atoms with Gasteiger partial charge in [0, 0.05) is 0 Å². The Balaban J connectivity index is 1.82. The highest BCUT2D eigenvalue weighted by Gasteiger charge is 2.47. The van der Waals surface area contributed by atoms with Gasteiger partial charge in [-0.1, -0.05) is 18.2 Å². The van der Waals surface area contributed by atoms with Crippen molar-refractivity contribution in [3.8, 4) is 0 Å². The Morgan fingerprint density at radius 1 is 1.19 bits per heavy atom. The summed E-state index contributed by atoms with van der Waals surface area (Å²) < 4.78 is 0. The summed E-state index contributed by atoms with van der Waals surface area (Å²) in [6, 6.07) is 4.56. The van der Waals surface area contributed by atoms with E-state index in [0.29, 0.717) is 18.5 Å². The molecule has 6 nitrogen and oxygen atoms in total. The normalized spacial score (nSPS) is 24.3. The summed E-state index contributed by atoms with van der Waals surface area (Å²) in [7, 11) is 0. The minimum Gasteiger partial charge on any atom is -0.477 e. The van der Waals surface area contributed by atoms with E-state index in [1.165, 1.54) is 11.0 Å². The van der Waals surface area contributed by atoms with Gasteiger partial charge in [0.2, 0.25) is 11.8 Å². The number of amides is 2. The molecule has 21 heavy (non-hydrogen) atoms. The molecule has 0 radical (unpaired) electrons. The van der Waals surface area contributed by atoms with Crippen LogP contribution < -0.4 is 0 Å². The van der Waals surface area contributed by atoms with Crippen LogP contribution in [0.1, 0.15) is 29.0 Å². The number of aromatic carboxylic acids is 1. The molecule has 0 aromatic carbocycles. The number of carbonyl (C=O) groups is 3. The summed E-state index contributed by atoms with van der Waals surface area (Å²) in [6.45, 7) is 0.0335. The largest absolute Gasteiger partial charge is 0.477 e. The van der Waals surface area contributed by atoms with Gasteiger partial charge in [0.05, 0.1) is 24.1 Å². The zero-order chi connectivity index (χ0) is 15.0. The third-order valence-corrected chi connectivity index (χ3v) is 3.94. The third kappa shape index (κ3) is 2.33. The smallest absolute Gasteiger partial charge is 0.354 e. The van der Waals surface area contributed by atoms with Gasteiger partial charge in [0.15, 0.2) is 0 Å². The molecule has 1 fully saturated rings. The Kier molecular flexibility index (Phi) is 3.29. The summed E-state index contributed by atoms with van der Waals surface area (Å²) in [6.07, 6.45) is 5.04. The number of imide groups is 1. The number of hydrogen-bond acceptors (Lipinski definition) is 4. The van der Waals surface area contributed by atoms with Crippen molar-refractivity contribution in [2.24, 2.45) is 11.8 Å². The molecular formula is C15H14N2O4. The first-order valence-corrected chi connectivity index (χ1v) is 6.77. The lowest BCUT2D eigenvalue weighted by Gasteiger charge is -2.14. The van der Waals surface area contributed by atoms with Crippen LogP contribution in [0.2, 0.25) is 0 Å². The average Bonchev–Trinajstić information content (AvgIpc) is 2.73. The lowest BCUT2D eigenvalue weighted by molar-refractivity contribution is -0.140. The number of carbonyl (C=O) groups excluding carboxylic acids is 2. The van der Waals surface area contributed by atoms with Gasteiger partial charge in [-0.3, -0.25) is 14.5 Å². The molecule has 1 aromatic heterocycles. The molecule has 108 valence electrons. The molecular weight excluding hydrogens is 272 g/mol. The number of carboxylic acid groups (broad SMARTS) is 1. The molecule has 2 aliphatic rings.